The highest BCUT2D eigenvalue weighted by molar-refractivity contribution is 7.90. The van der Waals surface area contributed by atoms with E-state index in [2.05, 4.69) is 0 Å². The number of nitrogens with zero attached hydrogens (tertiary/aromatic N) is 1. The molecule has 4 rings (SSSR count). The zero-order valence-electron chi connectivity index (χ0n) is 14.4. The molecule has 25 heavy (non-hydrogen) atoms. The SMILES string of the molecule is Cc1cc(C)c(S(=O)(=O)n2c3ccccc3c3ccccc32)c(C)c1. The van der Waals surface area contributed by atoms with Gasteiger partial charge in [0.1, 0.15) is 0 Å². The Labute approximate surface area is 147 Å². The predicted octanol–water partition coefficient (Wildman–Crippen LogP) is 4.96. The summed E-state index contributed by atoms with van der Waals surface area (Å²) >= 11 is 0. The maximum Gasteiger partial charge on any atom is 0.269 e. The monoisotopic (exact) mass is 349 g/mol. The summed E-state index contributed by atoms with van der Waals surface area (Å²) in [5.41, 5.74) is 4.04. The highest BCUT2D eigenvalue weighted by Crippen LogP contribution is 2.34. The standard InChI is InChI=1S/C21H19NO2S/c1-14-12-15(2)21(16(3)13-14)25(23,24)22-19-10-6-4-8-17(19)18-9-5-7-11-20(18)22/h4-13H,1-3H3. The van der Waals surface area contributed by atoms with Crippen LogP contribution in [0.1, 0.15) is 16.7 Å². The molecule has 0 atom stereocenters. The molecule has 126 valence electrons. The van der Waals surface area contributed by atoms with Gasteiger partial charge in [0.2, 0.25) is 0 Å². The molecule has 0 aliphatic rings. The van der Waals surface area contributed by atoms with Gasteiger partial charge in [0, 0.05) is 10.8 Å². The van der Waals surface area contributed by atoms with Crippen molar-refractivity contribution in [3.05, 3.63) is 77.4 Å². The molecule has 3 nitrogen and oxygen atoms in total. The molecule has 0 bridgehead atoms. The van der Waals surface area contributed by atoms with Gasteiger partial charge in [-0.2, -0.15) is 0 Å². The summed E-state index contributed by atoms with van der Waals surface area (Å²) in [5.74, 6) is 0. The molecular weight excluding hydrogens is 330 g/mol. The van der Waals surface area contributed by atoms with Gasteiger partial charge in [-0.25, -0.2) is 12.4 Å². The second kappa shape index (κ2) is 5.46. The van der Waals surface area contributed by atoms with Gasteiger partial charge in [-0.05, 0) is 44.0 Å². The minimum atomic E-state index is -3.71. The normalized spacial score (nSPS) is 12.1. The molecule has 0 fully saturated rings. The molecule has 1 aromatic heterocycles. The van der Waals surface area contributed by atoms with Crippen molar-refractivity contribution in [2.24, 2.45) is 0 Å². The Hall–Kier alpha value is -2.59. The zero-order chi connectivity index (χ0) is 17.8. The number of rotatable bonds is 2. The summed E-state index contributed by atoms with van der Waals surface area (Å²) in [5, 5.41) is 1.90. The molecule has 0 radical (unpaired) electrons. The maximum atomic E-state index is 13.6. The van der Waals surface area contributed by atoms with E-state index >= 15 is 0 Å². The first-order valence-electron chi connectivity index (χ1n) is 8.23. The van der Waals surface area contributed by atoms with E-state index in [1.165, 1.54) is 3.97 Å². The molecule has 1 heterocycles. The lowest BCUT2D eigenvalue weighted by Gasteiger charge is -2.15. The minimum Gasteiger partial charge on any atom is -0.233 e. The Morgan fingerprint density at radius 2 is 1.16 bits per heavy atom. The van der Waals surface area contributed by atoms with E-state index in [4.69, 9.17) is 0 Å². The third-order valence-electron chi connectivity index (χ3n) is 4.64. The molecule has 4 aromatic rings. The van der Waals surface area contributed by atoms with Crippen molar-refractivity contribution in [1.82, 2.24) is 3.97 Å². The maximum absolute atomic E-state index is 13.6. The Bertz CT molecular complexity index is 1160. The fourth-order valence-corrected chi connectivity index (χ4v) is 5.76. The minimum absolute atomic E-state index is 0.393. The van der Waals surface area contributed by atoms with E-state index in [0.29, 0.717) is 15.9 Å². The van der Waals surface area contributed by atoms with E-state index in [0.717, 1.165) is 27.5 Å². The van der Waals surface area contributed by atoms with Gasteiger partial charge in [0.15, 0.2) is 0 Å². The van der Waals surface area contributed by atoms with Gasteiger partial charge < -0.3 is 0 Å². The summed E-state index contributed by atoms with van der Waals surface area (Å²) < 4.78 is 28.8. The summed E-state index contributed by atoms with van der Waals surface area (Å²) in [6, 6.07) is 19.2. The first kappa shape index (κ1) is 15.9. The van der Waals surface area contributed by atoms with Crippen molar-refractivity contribution in [3.63, 3.8) is 0 Å². The van der Waals surface area contributed by atoms with Gasteiger partial charge >= 0.3 is 0 Å². The molecule has 0 N–H and O–H groups in total. The molecule has 4 heteroatoms. The number of benzene rings is 3. The Kier molecular flexibility index (Phi) is 3.48. The first-order valence-corrected chi connectivity index (χ1v) is 9.67. The first-order chi connectivity index (χ1) is 11.9. The van der Waals surface area contributed by atoms with E-state index in [-0.39, 0.29) is 0 Å². The van der Waals surface area contributed by atoms with Crippen molar-refractivity contribution in [3.8, 4) is 0 Å². The van der Waals surface area contributed by atoms with Crippen LogP contribution in [-0.4, -0.2) is 12.4 Å². The highest BCUT2D eigenvalue weighted by atomic mass is 32.2. The Balaban J connectivity index is 2.17. The Morgan fingerprint density at radius 3 is 1.64 bits per heavy atom. The van der Waals surface area contributed by atoms with Gasteiger partial charge in [-0.1, -0.05) is 54.1 Å². The van der Waals surface area contributed by atoms with Crippen molar-refractivity contribution >= 4 is 31.8 Å². The zero-order valence-corrected chi connectivity index (χ0v) is 15.3. The molecule has 0 unspecified atom stereocenters. The van der Waals surface area contributed by atoms with Crippen LogP contribution in [0, 0.1) is 20.8 Å². The van der Waals surface area contributed by atoms with Crippen LogP contribution in [0.25, 0.3) is 21.8 Å². The van der Waals surface area contributed by atoms with Gasteiger partial charge in [0.05, 0.1) is 15.9 Å². The number of aromatic nitrogens is 1. The van der Waals surface area contributed by atoms with Crippen molar-refractivity contribution < 1.29 is 8.42 Å². The largest absolute Gasteiger partial charge is 0.269 e. The molecule has 0 aliphatic heterocycles. The van der Waals surface area contributed by atoms with Crippen LogP contribution in [-0.2, 0) is 10.0 Å². The fraction of sp³-hybridized carbons (Fsp3) is 0.143. The highest BCUT2D eigenvalue weighted by Gasteiger charge is 2.26. The number of hydrogen-bond donors (Lipinski definition) is 0. The fourth-order valence-electron chi connectivity index (χ4n) is 3.81. The molecule has 0 amide bonds. The number of aryl methyl sites for hydroxylation is 3. The van der Waals surface area contributed by atoms with Crippen LogP contribution >= 0.6 is 0 Å². The topological polar surface area (TPSA) is 39.1 Å². The number of fused-ring (bicyclic) bond motifs is 3. The van der Waals surface area contributed by atoms with Gasteiger partial charge in [0.25, 0.3) is 10.0 Å². The van der Waals surface area contributed by atoms with Gasteiger partial charge in [-0.3, -0.25) is 0 Å². The van der Waals surface area contributed by atoms with E-state index < -0.39 is 10.0 Å². The van der Waals surface area contributed by atoms with Crippen LogP contribution in [0.15, 0.2) is 65.6 Å². The van der Waals surface area contributed by atoms with E-state index in [1.807, 2.05) is 81.4 Å². The quantitative estimate of drug-likeness (QED) is 0.513. The average molecular weight is 349 g/mol. The van der Waals surface area contributed by atoms with E-state index in [9.17, 15) is 8.42 Å². The van der Waals surface area contributed by atoms with Crippen molar-refractivity contribution in [2.45, 2.75) is 25.7 Å². The molecule has 3 aromatic carbocycles. The summed E-state index contributed by atoms with van der Waals surface area (Å²) in [7, 11) is -3.71. The lowest BCUT2D eigenvalue weighted by Crippen LogP contribution is -2.15. The van der Waals surface area contributed by atoms with Crippen LogP contribution in [0.2, 0.25) is 0 Å². The van der Waals surface area contributed by atoms with Crippen LogP contribution in [0.4, 0.5) is 0 Å². The average Bonchev–Trinajstić information content (AvgIpc) is 2.88. The van der Waals surface area contributed by atoms with Crippen LogP contribution in [0.3, 0.4) is 0 Å². The third kappa shape index (κ3) is 2.29. The second-order valence-corrected chi connectivity index (χ2v) is 8.26. The van der Waals surface area contributed by atoms with Crippen LogP contribution < -0.4 is 0 Å². The summed E-state index contributed by atoms with van der Waals surface area (Å²) in [6.07, 6.45) is 0. The van der Waals surface area contributed by atoms with Gasteiger partial charge in [-0.15, -0.1) is 0 Å². The number of para-hydroxylation sites is 2. The predicted molar refractivity (Wildman–Crippen MR) is 103 cm³/mol. The summed E-state index contributed by atoms with van der Waals surface area (Å²) in [6.45, 7) is 5.71. The smallest absolute Gasteiger partial charge is 0.233 e. The molecule has 0 spiro atoms. The lowest BCUT2D eigenvalue weighted by atomic mass is 10.1. The van der Waals surface area contributed by atoms with E-state index in [1.54, 1.807) is 0 Å². The van der Waals surface area contributed by atoms with Crippen molar-refractivity contribution in [1.29, 1.82) is 0 Å². The van der Waals surface area contributed by atoms with Crippen molar-refractivity contribution in [2.75, 3.05) is 0 Å². The Morgan fingerprint density at radius 1 is 0.720 bits per heavy atom. The second-order valence-electron chi connectivity index (χ2n) is 6.53. The molecule has 0 saturated carbocycles. The molecule has 0 aliphatic carbocycles. The number of hydrogen-bond acceptors (Lipinski definition) is 2. The summed E-state index contributed by atoms with van der Waals surface area (Å²) in [4.78, 5) is 0.393. The molecular formula is C21H19NO2S. The molecule has 0 saturated heterocycles. The lowest BCUT2D eigenvalue weighted by molar-refractivity contribution is 0.589. The van der Waals surface area contributed by atoms with Crippen LogP contribution in [0.5, 0.6) is 0 Å². The third-order valence-corrected chi connectivity index (χ3v) is 6.67.